The van der Waals surface area contributed by atoms with Crippen molar-refractivity contribution >= 4 is 0 Å². The summed E-state index contributed by atoms with van der Waals surface area (Å²) < 4.78 is 0. The maximum Gasteiger partial charge on any atom is 0.0570 e. The highest BCUT2D eigenvalue weighted by molar-refractivity contribution is 4.23. The Morgan fingerprint density at radius 3 is 2.40 bits per heavy atom. The van der Waals surface area contributed by atoms with Crippen molar-refractivity contribution in [3.05, 3.63) is 0 Å². The van der Waals surface area contributed by atoms with Crippen LogP contribution < -0.4 is 11.3 Å². The molecule has 0 rings (SSSR count). The van der Waals surface area contributed by atoms with Gasteiger partial charge in [0, 0.05) is 6.54 Å². The second kappa shape index (κ2) is 3.88. The molecule has 0 bridgehead atoms. The molecular formula is C2H7N2O. The maximum absolute atomic E-state index is 7.88. The Hall–Kier alpha value is -0.120. The largest absolute Gasteiger partial charge is 0.395 e. The van der Waals surface area contributed by atoms with Gasteiger partial charge in [-0.2, -0.15) is 5.84 Å². The van der Waals surface area contributed by atoms with E-state index in [-0.39, 0.29) is 6.61 Å². The summed E-state index contributed by atoms with van der Waals surface area (Å²) >= 11 is 0. The minimum atomic E-state index is 0.0451. The first-order chi connectivity index (χ1) is 2.41. The Labute approximate surface area is 30.8 Å². The molecule has 5 heavy (non-hydrogen) atoms. The number of nitrogens with one attached hydrogen (secondary N) is 2. The van der Waals surface area contributed by atoms with Gasteiger partial charge in [-0.15, -0.1) is 0 Å². The van der Waals surface area contributed by atoms with Crippen LogP contribution in [0.4, 0.5) is 0 Å². The van der Waals surface area contributed by atoms with Crippen molar-refractivity contribution in [1.29, 1.82) is 0 Å². The zero-order valence-corrected chi connectivity index (χ0v) is 2.86. The molecule has 3 N–H and O–H groups in total. The van der Waals surface area contributed by atoms with Gasteiger partial charge >= 0.3 is 0 Å². The highest BCUT2D eigenvalue weighted by Gasteiger charge is 1.66. The molecule has 3 heteroatoms. The van der Waals surface area contributed by atoms with Crippen LogP contribution >= 0.6 is 0 Å². The van der Waals surface area contributed by atoms with E-state index in [4.69, 9.17) is 10.9 Å². The summed E-state index contributed by atoms with van der Waals surface area (Å²) in [6, 6.07) is 0. The molecule has 0 atom stereocenters. The third kappa shape index (κ3) is 3.88. The van der Waals surface area contributed by atoms with Gasteiger partial charge in [0.25, 0.3) is 0 Å². The van der Waals surface area contributed by atoms with E-state index in [2.05, 4.69) is 0 Å². The molecule has 3 nitrogen and oxygen atoms in total. The van der Waals surface area contributed by atoms with E-state index in [1.807, 2.05) is 5.43 Å². The van der Waals surface area contributed by atoms with Gasteiger partial charge in [0.2, 0.25) is 0 Å². The van der Waals surface area contributed by atoms with E-state index in [0.29, 0.717) is 6.54 Å². The highest BCUT2D eigenvalue weighted by Crippen LogP contribution is 1.41. The third-order valence-electron chi connectivity index (χ3n) is 0.237. The fraction of sp³-hybridized carbons (Fsp3) is 1.00. The van der Waals surface area contributed by atoms with Crippen molar-refractivity contribution in [2.45, 2.75) is 0 Å². The standard InChI is InChI=1S/C2H7N2O/c3-4-1-2-5/h3-5H,1-2H2. The van der Waals surface area contributed by atoms with Crippen molar-refractivity contribution < 1.29 is 5.11 Å². The summed E-state index contributed by atoms with van der Waals surface area (Å²) in [5.74, 6) is 6.19. The van der Waals surface area contributed by atoms with Gasteiger partial charge in [-0.3, -0.25) is 0 Å². The summed E-state index contributed by atoms with van der Waals surface area (Å²) in [6.45, 7) is 0.406. The average molecular weight is 75.1 g/mol. The van der Waals surface area contributed by atoms with Crippen molar-refractivity contribution in [3.8, 4) is 0 Å². The monoisotopic (exact) mass is 75.1 g/mol. The van der Waals surface area contributed by atoms with Gasteiger partial charge in [0.05, 0.1) is 6.61 Å². The summed E-state index contributed by atoms with van der Waals surface area (Å²) in [6.07, 6.45) is 0. The van der Waals surface area contributed by atoms with Crippen LogP contribution in [0.15, 0.2) is 0 Å². The molecule has 0 unspecified atom stereocenters. The molecular weight excluding hydrogens is 68.0 g/mol. The van der Waals surface area contributed by atoms with Crippen molar-refractivity contribution in [1.82, 2.24) is 11.3 Å². The SMILES string of the molecule is [NH]NCCO. The van der Waals surface area contributed by atoms with Gasteiger partial charge in [0.1, 0.15) is 0 Å². The zero-order chi connectivity index (χ0) is 4.12. The molecule has 0 saturated heterocycles. The maximum atomic E-state index is 7.88. The molecule has 0 aromatic rings. The lowest BCUT2D eigenvalue weighted by molar-refractivity contribution is 0.292. The molecule has 0 aromatic carbocycles. The second-order valence-electron chi connectivity index (χ2n) is 0.650. The number of hydrogen-bond acceptors (Lipinski definition) is 2. The van der Waals surface area contributed by atoms with Crippen LogP contribution in [0.1, 0.15) is 0 Å². The third-order valence-corrected chi connectivity index (χ3v) is 0.237. The smallest absolute Gasteiger partial charge is 0.0570 e. The molecule has 31 valence electrons. The second-order valence-corrected chi connectivity index (χ2v) is 0.650. The van der Waals surface area contributed by atoms with E-state index in [0.717, 1.165) is 0 Å². The predicted molar refractivity (Wildman–Crippen MR) is 18.2 cm³/mol. The Kier molecular flexibility index (Phi) is 3.79. The molecule has 0 aliphatic heterocycles. The Morgan fingerprint density at radius 2 is 2.40 bits per heavy atom. The lowest BCUT2D eigenvalue weighted by atomic mass is 10.7. The quantitative estimate of drug-likeness (QED) is 0.403. The zero-order valence-electron chi connectivity index (χ0n) is 2.86. The van der Waals surface area contributed by atoms with Crippen molar-refractivity contribution in [2.75, 3.05) is 13.2 Å². The normalized spacial score (nSPS) is 8.40. The van der Waals surface area contributed by atoms with Gasteiger partial charge in [-0.05, 0) is 0 Å². The number of aliphatic hydroxyl groups is 1. The fourth-order valence-corrected chi connectivity index (χ4v) is 0.0559. The van der Waals surface area contributed by atoms with Gasteiger partial charge in [0.15, 0.2) is 0 Å². The summed E-state index contributed by atoms with van der Waals surface area (Å²) in [4.78, 5) is 0. The van der Waals surface area contributed by atoms with Crippen LogP contribution in [-0.2, 0) is 0 Å². The van der Waals surface area contributed by atoms with Crippen LogP contribution in [0.25, 0.3) is 0 Å². The van der Waals surface area contributed by atoms with Gasteiger partial charge in [-0.25, -0.2) is 5.43 Å². The van der Waals surface area contributed by atoms with Crippen LogP contribution in [0.2, 0.25) is 0 Å². The van der Waals surface area contributed by atoms with E-state index < -0.39 is 0 Å². The molecule has 0 aliphatic rings. The molecule has 0 aromatic heterocycles. The van der Waals surface area contributed by atoms with Crippen LogP contribution in [0, 0.1) is 0 Å². The fourth-order valence-electron chi connectivity index (χ4n) is 0.0559. The van der Waals surface area contributed by atoms with E-state index in [1.54, 1.807) is 0 Å². The first kappa shape index (κ1) is 4.88. The molecule has 0 fully saturated rings. The minimum Gasteiger partial charge on any atom is -0.395 e. The molecule has 0 heterocycles. The first-order valence-corrected chi connectivity index (χ1v) is 1.42. The Balaban J connectivity index is 2.19. The van der Waals surface area contributed by atoms with Crippen LogP contribution in [-0.4, -0.2) is 18.3 Å². The van der Waals surface area contributed by atoms with E-state index in [1.165, 1.54) is 0 Å². The van der Waals surface area contributed by atoms with Gasteiger partial charge < -0.3 is 5.11 Å². The molecule has 1 radical (unpaired) electrons. The van der Waals surface area contributed by atoms with Crippen molar-refractivity contribution in [2.24, 2.45) is 0 Å². The number of aliphatic hydroxyl groups excluding tert-OH is 1. The Morgan fingerprint density at radius 1 is 1.80 bits per heavy atom. The number of hydrogen-bond donors (Lipinski definition) is 2. The molecule has 0 spiro atoms. The van der Waals surface area contributed by atoms with Crippen LogP contribution in [0.5, 0.6) is 0 Å². The average Bonchev–Trinajstić information content (AvgIpc) is 1.41. The lowest BCUT2D eigenvalue weighted by Gasteiger charge is -1.83. The highest BCUT2D eigenvalue weighted by atomic mass is 16.3. The summed E-state index contributed by atoms with van der Waals surface area (Å²) in [7, 11) is 0. The predicted octanol–water partition coefficient (Wildman–Crippen LogP) is -1.23. The molecule has 0 aliphatic carbocycles. The lowest BCUT2D eigenvalue weighted by Crippen LogP contribution is -2.14. The summed E-state index contributed by atoms with van der Waals surface area (Å²) in [5.41, 5.74) is 2.02. The first-order valence-electron chi connectivity index (χ1n) is 1.42. The minimum absolute atomic E-state index is 0.0451. The topological polar surface area (TPSA) is 56.1 Å². The van der Waals surface area contributed by atoms with E-state index >= 15 is 0 Å². The Bertz CT molecular complexity index is 15.1. The molecule has 0 saturated carbocycles. The van der Waals surface area contributed by atoms with Gasteiger partial charge in [-0.1, -0.05) is 0 Å². The molecule has 0 amide bonds. The van der Waals surface area contributed by atoms with Crippen LogP contribution in [0.3, 0.4) is 0 Å². The van der Waals surface area contributed by atoms with Crippen molar-refractivity contribution in [3.63, 3.8) is 0 Å². The summed E-state index contributed by atoms with van der Waals surface area (Å²) in [5, 5.41) is 7.88. The number of rotatable bonds is 2. The van der Waals surface area contributed by atoms with E-state index in [9.17, 15) is 0 Å².